The zero-order chi connectivity index (χ0) is 21.1. The molecule has 0 atom stereocenters. The number of fused-ring (bicyclic) bond motifs is 1. The number of rotatable bonds is 7. The number of ether oxygens (including phenoxy) is 2. The van der Waals surface area contributed by atoms with Gasteiger partial charge in [0.2, 0.25) is 0 Å². The predicted molar refractivity (Wildman–Crippen MR) is 120 cm³/mol. The smallest absolute Gasteiger partial charge is 0.345 e. The molecule has 0 unspecified atom stereocenters. The Morgan fingerprint density at radius 1 is 1.17 bits per heavy atom. The number of anilines is 2. The van der Waals surface area contributed by atoms with Crippen LogP contribution >= 0.6 is 11.3 Å². The molecule has 0 aliphatic carbocycles. The third-order valence-electron chi connectivity index (χ3n) is 4.42. The van der Waals surface area contributed by atoms with Crippen molar-refractivity contribution >= 4 is 33.1 Å². The lowest BCUT2D eigenvalue weighted by atomic mass is 10.1. The summed E-state index contributed by atoms with van der Waals surface area (Å²) in [5.41, 5.74) is 1.85. The van der Waals surface area contributed by atoms with Crippen LogP contribution in [0.25, 0.3) is 22.2 Å². The summed E-state index contributed by atoms with van der Waals surface area (Å²) in [6, 6.07) is 14.9. The standard InChI is InChI=1S/C23H22N2O4S/c1-14(2)12-28-16-9-8-15-10-17(22(26)29-21(15)11-16)19-13-30-23(25-19)24-18-6-4-5-7-20(18)27-3/h4-11,13-14H,12H2,1-3H3,(H,24,25). The molecule has 2 heterocycles. The van der Waals surface area contributed by atoms with Crippen molar-refractivity contribution in [2.75, 3.05) is 19.0 Å². The first-order valence-electron chi connectivity index (χ1n) is 9.60. The van der Waals surface area contributed by atoms with Crippen LogP contribution in [-0.4, -0.2) is 18.7 Å². The molecule has 30 heavy (non-hydrogen) atoms. The van der Waals surface area contributed by atoms with Crippen LogP contribution in [0.3, 0.4) is 0 Å². The Hall–Kier alpha value is -3.32. The van der Waals surface area contributed by atoms with E-state index in [0.29, 0.717) is 40.2 Å². The number of thiazole rings is 1. The number of nitrogens with zero attached hydrogens (tertiary/aromatic N) is 1. The molecule has 0 spiro atoms. The second-order valence-electron chi connectivity index (χ2n) is 7.22. The molecule has 7 heteroatoms. The summed E-state index contributed by atoms with van der Waals surface area (Å²) < 4.78 is 16.6. The highest BCUT2D eigenvalue weighted by molar-refractivity contribution is 7.14. The Balaban J connectivity index is 1.61. The highest BCUT2D eigenvalue weighted by atomic mass is 32.1. The van der Waals surface area contributed by atoms with E-state index in [-0.39, 0.29) is 0 Å². The van der Waals surface area contributed by atoms with Crippen LogP contribution in [0.1, 0.15) is 13.8 Å². The van der Waals surface area contributed by atoms with Crippen LogP contribution in [0.2, 0.25) is 0 Å². The predicted octanol–water partition coefficient (Wildman–Crippen LogP) is 5.70. The van der Waals surface area contributed by atoms with E-state index in [9.17, 15) is 4.79 Å². The Morgan fingerprint density at radius 2 is 2.00 bits per heavy atom. The molecule has 4 aromatic rings. The number of methoxy groups -OCH3 is 1. The number of aromatic nitrogens is 1. The Labute approximate surface area is 178 Å². The van der Waals surface area contributed by atoms with Gasteiger partial charge in [0.1, 0.15) is 17.1 Å². The summed E-state index contributed by atoms with van der Waals surface area (Å²) in [7, 11) is 1.62. The van der Waals surface area contributed by atoms with E-state index >= 15 is 0 Å². The van der Waals surface area contributed by atoms with Crippen molar-refractivity contribution in [3.05, 3.63) is 64.3 Å². The van der Waals surface area contributed by atoms with E-state index in [1.54, 1.807) is 19.2 Å². The maximum absolute atomic E-state index is 12.6. The highest BCUT2D eigenvalue weighted by Gasteiger charge is 2.13. The minimum absolute atomic E-state index is 0.415. The van der Waals surface area contributed by atoms with E-state index in [1.165, 1.54) is 11.3 Å². The quantitative estimate of drug-likeness (QED) is 0.385. The minimum Gasteiger partial charge on any atom is -0.495 e. The first-order chi connectivity index (χ1) is 14.5. The molecule has 4 rings (SSSR count). The van der Waals surface area contributed by atoms with Gasteiger partial charge in [-0.25, -0.2) is 9.78 Å². The molecule has 0 fully saturated rings. The molecule has 1 N–H and O–H groups in total. The van der Waals surface area contributed by atoms with E-state index < -0.39 is 5.63 Å². The first kappa shape index (κ1) is 20.0. The fourth-order valence-electron chi connectivity index (χ4n) is 2.94. The summed E-state index contributed by atoms with van der Waals surface area (Å²) >= 11 is 1.41. The van der Waals surface area contributed by atoms with Gasteiger partial charge in [-0.05, 0) is 36.2 Å². The average molecular weight is 423 g/mol. The van der Waals surface area contributed by atoms with Crippen molar-refractivity contribution in [1.29, 1.82) is 0 Å². The molecule has 0 saturated carbocycles. The van der Waals surface area contributed by atoms with E-state index in [1.807, 2.05) is 41.8 Å². The Kier molecular flexibility index (Phi) is 5.72. The summed E-state index contributed by atoms with van der Waals surface area (Å²) in [5.74, 6) is 1.82. The molecule has 0 radical (unpaired) electrons. The highest BCUT2D eigenvalue weighted by Crippen LogP contribution is 2.31. The summed E-state index contributed by atoms with van der Waals surface area (Å²) in [6.45, 7) is 4.77. The van der Waals surface area contributed by atoms with Crippen LogP contribution in [0.15, 0.2) is 63.1 Å². The van der Waals surface area contributed by atoms with E-state index in [4.69, 9.17) is 13.9 Å². The van der Waals surface area contributed by atoms with Crippen molar-refractivity contribution in [3.8, 4) is 22.8 Å². The van der Waals surface area contributed by atoms with Crippen LogP contribution in [0, 0.1) is 5.92 Å². The molecule has 0 amide bonds. The van der Waals surface area contributed by atoms with Crippen LogP contribution in [0.4, 0.5) is 10.8 Å². The first-order valence-corrected chi connectivity index (χ1v) is 10.5. The largest absolute Gasteiger partial charge is 0.495 e. The zero-order valence-corrected chi connectivity index (χ0v) is 17.8. The lowest BCUT2D eigenvalue weighted by Gasteiger charge is -2.09. The third-order valence-corrected chi connectivity index (χ3v) is 5.18. The van der Waals surface area contributed by atoms with Gasteiger partial charge in [-0.15, -0.1) is 11.3 Å². The second kappa shape index (κ2) is 8.59. The van der Waals surface area contributed by atoms with Crippen LogP contribution in [0.5, 0.6) is 11.5 Å². The summed E-state index contributed by atoms with van der Waals surface area (Å²) in [4.78, 5) is 17.1. The summed E-state index contributed by atoms with van der Waals surface area (Å²) in [6.07, 6.45) is 0. The Bertz CT molecular complexity index is 1230. The maximum atomic E-state index is 12.6. The third kappa shape index (κ3) is 4.31. The molecular weight excluding hydrogens is 400 g/mol. The van der Waals surface area contributed by atoms with Crippen molar-refractivity contribution in [2.45, 2.75) is 13.8 Å². The molecule has 0 bridgehead atoms. The van der Waals surface area contributed by atoms with Gasteiger partial charge < -0.3 is 19.2 Å². The molecular formula is C23H22N2O4S. The zero-order valence-electron chi connectivity index (χ0n) is 17.0. The monoisotopic (exact) mass is 422 g/mol. The molecule has 2 aromatic carbocycles. The topological polar surface area (TPSA) is 73.6 Å². The fraction of sp³-hybridized carbons (Fsp3) is 0.217. The Morgan fingerprint density at radius 3 is 2.80 bits per heavy atom. The number of para-hydroxylation sites is 2. The fourth-order valence-corrected chi connectivity index (χ4v) is 3.66. The van der Waals surface area contributed by atoms with E-state index in [2.05, 4.69) is 24.1 Å². The van der Waals surface area contributed by atoms with Crippen molar-refractivity contribution in [2.24, 2.45) is 5.92 Å². The normalized spacial score (nSPS) is 11.1. The van der Waals surface area contributed by atoms with Gasteiger partial charge in [-0.2, -0.15) is 0 Å². The minimum atomic E-state index is -0.433. The van der Waals surface area contributed by atoms with Crippen LogP contribution in [-0.2, 0) is 0 Å². The number of hydrogen-bond acceptors (Lipinski definition) is 7. The van der Waals surface area contributed by atoms with E-state index in [0.717, 1.165) is 16.8 Å². The maximum Gasteiger partial charge on any atom is 0.345 e. The lowest BCUT2D eigenvalue weighted by molar-refractivity contribution is 0.271. The molecule has 0 aliphatic rings. The van der Waals surface area contributed by atoms with Gasteiger partial charge in [0.15, 0.2) is 5.13 Å². The van der Waals surface area contributed by atoms with Crippen molar-refractivity contribution < 1.29 is 13.9 Å². The van der Waals surface area contributed by atoms with Gasteiger partial charge in [-0.1, -0.05) is 26.0 Å². The molecule has 154 valence electrons. The lowest BCUT2D eigenvalue weighted by Crippen LogP contribution is -2.05. The van der Waals surface area contributed by atoms with Gasteiger partial charge in [0.25, 0.3) is 0 Å². The average Bonchev–Trinajstić information content (AvgIpc) is 3.20. The number of nitrogens with one attached hydrogen (secondary N) is 1. The van der Waals surface area contributed by atoms with Gasteiger partial charge >= 0.3 is 5.63 Å². The van der Waals surface area contributed by atoms with Crippen LogP contribution < -0.4 is 20.4 Å². The molecule has 0 aliphatic heterocycles. The van der Waals surface area contributed by atoms with Gasteiger partial charge in [0.05, 0.1) is 30.7 Å². The number of benzene rings is 2. The molecule has 0 saturated heterocycles. The SMILES string of the molecule is COc1ccccc1Nc1nc(-c2cc3ccc(OCC(C)C)cc3oc2=O)cs1. The summed E-state index contributed by atoms with van der Waals surface area (Å²) in [5, 5.41) is 6.54. The molecule has 6 nitrogen and oxygen atoms in total. The number of hydrogen-bond donors (Lipinski definition) is 1. The van der Waals surface area contributed by atoms with Crippen molar-refractivity contribution in [1.82, 2.24) is 4.98 Å². The molecule has 2 aromatic heterocycles. The second-order valence-corrected chi connectivity index (χ2v) is 8.07. The van der Waals surface area contributed by atoms with Crippen molar-refractivity contribution in [3.63, 3.8) is 0 Å². The van der Waals surface area contributed by atoms with Gasteiger partial charge in [-0.3, -0.25) is 0 Å². The van der Waals surface area contributed by atoms with Gasteiger partial charge in [0, 0.05) is 16.8 Å².